The van der Waals surface area contributed by atoms with Gasteiger partial charge in [-0.25, -0.2) is 0 Å². The summed E-state index contributed by atoms with van der Waals surface area (Å²) in [7, 11) is 1.95. The van der Waals surface area contributed by atoms with Gasteiger partial charge in [-0.1, -0.05) is 41.5 Å². The molecule has 1 aromatic carbocycles. The Morgan fingerprint density at radius 2 is 2.18 bits per heavy atom. The number of allylic oxidation sites excluding steroid dienone is 5. The van der Waals surface area contributed by atoms with Crippen molar-refractivity contribution in [1.82, 2.24) is 10.3 Å². The van der Waals surface area contributed by atoms with E-state index < -0.39 is 0 Å². The summed E-state index contributed by atoms with van der Waals surface area (Å²) in [6, 6.07) is 5.92. The van der Waals surface area contributed by atoms with E-state index in [0.29, 0.717) is 0 Å². The average molecular weight is 397 g/mol. The Morgan fingerprint density at radius 1 is 1.25 bits per heavy atom. The molecular formula is C23H25ClN2O2. The van der Waals surface area contributed by atoms with Crippen LogP contribution < -0.4 is 5.32 Å². The zero-order chi connectivity index (χ0) is 19.3. The van der Waals surface area contributed by atoms with Crippen LogP contribution in [0.25, 0.3) is 10.9 Å². The second-order valence-electron chi connectivity index (χ2n) is 7.16. The van der Waals surface area contributed by atoms with Crippen LogP contribution >= 0.6 is 11.6 Å². The lowest BCUT2D eigenvalue weighted by Gasteiger charge is -2.23. The molecule has 28 heavy (non-hydrogen) atoms. The number of aromatic amines is 1. The van der Waals surface area contributed by atoms with E-state index in [1.165, 1.54) is 5.57 Å². The summed E-state index contributed by atoms with van der Waals surface area (Å²) in [5, 5.41) is 5.02. The first-order valence-electron chi connectivity index (χ1n) is 9.73. The number of ether oxygens (including phenoxy) is 2. The molecule has 1 unspecified atom stereocenters. The summed E-state index contributed by atoms with van der Waals surface area (Å²) < 4.78 is 12.0. The van der Waals surface area contributed by atoms with Gasteiger partial charge < -0.3 is 19.8 Å². The monoisotopic (exact) mass is 396 g/mol. The van der Waals surface area contributed by atoms with Crippen molar-refractivity contribution in [1.29, 1.82) is 0 Å². The topological polar surface area (TPSA) is 46.3 Å². The molecule has 4 rings (SSSR count). The van der Waals surface area contributed by atoms with E-state index in [9.17, 15) is 0 Å². The van der Waals surface area contributed by atoms with Crippen LogP contribution in [0, 0.1) is 0 Å². The maximum absolute atomic E-state index is 6.50. The van der Waals surface area contributed by atoms with Gasteiger partial charge in [0.1, 0.15) is 24.0 Å². The molecule has 0 bridgehead atoms. The van der Waals surface area contributed by atoms with Crippen molar-refractivity contribution in [3.8, 4) is 0 Å². The Bertz CT molecular complexity index is 968. The minimum Gasteiger partial charge on any atom is -0.462 e. The van der Waals surface area contributed by atoms with E-state index in [1.54, 1.807) is 12.5 Å². The van der Waals surface area contributed by atoms with Gasteiger partial charge in [0.05, 0.1) is 5.02 Å². The van der Waals surface area contributed by atoms with Crippen LogP contribution in [-0.4, -0.2) is 18.6 Å². The summed E-state index contributed by atoms with van der Waals surface area (Å²) in [5.41, 5.74) is 3.52. The predicted octanol–water partition coefficient (Wildman–Crippen LogP) is 5.91. The van der Waals surface area contributed by atoms with Crippen molar-refractivity contribution in [2.24, 2.45) is 0 Å². The van der Waals surface area contributed by atoms with Crippen LogP contribution in [0.4, 0.5) is 0 Å². The highest BCUT2D eigenvalue weighted by molar-refractivity contribution is 6.35. The van der Waals surface area contributed by atoms with E-state index in [2.05, 4.69) is 28.5 Å². The number of halogens is 1. The van der Waals surface area contributed by atoms with E-state index >= 15 is 0 Å². The van der Waals surface area contributed by atoms with Gasteiger partial charge in [0.15, 0.2) is 0 Å². The molecular weight excluding hydrogens is 372 g/mol. The van der Waals surface area contributed by atoms with Crippen LogP contribution in [0.3, 0.4) is 0 Å². The second kappa shape index (κ2) is 8.72. The zero-order valence-corrected chi connectivity index (χ0v) is 16.8. The molecule has 2 N–H and O–H groups in total. The largest absolute Gasteiger partial charge is 0.462 e. The molecule has 1 aromatic heterocycles. The van der Waals surface area contributed by atoms with Crippen molar-refractivity contribution in [3.05, 3.63) is 82.8 Å². The highest BCUT2D eigenvalue weighted by atomic mass is 35.5. The summed E-state index contributed by atoms with van der Waals surface area (Å²) in [4.78, 5) is 3.33. The molecule has 4 nitrogen and oxygen atoms in total. The van der Waals surface area contributed by atoms with Gasteiger partial charge in [-0.05, 0) is 50.6 Å². The lowest BCUT2D eigenvalue weighted by atomic mass is 9.93. The lowest BCUT2D eigenvalue weighted by molar-refractivity contribution is 0.206. The third-order valence-electron chi connectivity index (χ3n) is 5.24. The predicted molar refractivity (Wildman–Crippen MR) is 114 cm³/mol. The molecule has 1 aliphatic carbocycles. The number of nitrogens with one attached hydrogen (secondary N) is 2. The smallest absolute Gasteiger partial charge is 0.146 e. The fraction of sp³-hybridized carbons (Fsp3) is 0.304. The molecule has 1 aliphatic heterocycles. The lowest BCUT2D eigenvalue weighted by Crippen LogP contribution is -2.15. The quantitative estimate of drug-likeness (QED) is 0.611. The summed E-state index contributed by atoms with van der Waals surface area (Å²) in [6.45, 7) is 0.859. The minimum absolute atomic E-state index is 0.0516. The summed E-state index contributed by atoms with van der Waals surface area (Å²) in [6.07, 6.45) is 15.8. The van der Waals surface area contributed by atoms with Gasteiger partial charge in [-0.2, -0.15) is 0 Å². The Morgan fingerprint density at radius 3 is 2.93 bits per heavy atom. The third-order valence-corrected chi connectivity index (χ3v) is 5.56. The molecule has 2 aromatic rings. The highest BCUT2D eigenvalue weighted by Crippen LogP contribution is 2.38. The fourth-order valence-electron chi connectivity index (χ4n) is 3.77. The minimum atomic E-state index is 0.0516. The van der Waals surface area contributed by atoms with Gasteiger partial charge in [-0.3, -0.25) is 0 Å². The molecule has 0 spiro atoms. The molecule has 2 heterocycles. The van der Waals surface area contributed by atoms with E-state index in [4.69, 9.17) is 21.1 Å². The zero-order valence-electron chi connectivity index (χ0n) is 16.0. The number of aromatic nitrogens is 1. The summed E-state index contributed by atoms with van der Waals surface area (Å²) >= 11 is 6.50. The first kappa shape index (κ1) is 18.9. The Kier molecular flexibility index (Phi) is 5.89. The van der Waals surface area contributed by atoms with Crippen molar-refractivity contribution >= 4 is 22.5 Å². The molecule has 2 aliphatic rings. The summed E-state index contributed by atoms with van der Waals surface area (Å²) in [5.74, 6) is 1.70. The van der Waals surface area contributed by atoms with Crippen LogP contribution in [0.2, 0.25) is 5.02 Å². The molecule has 1 atom stereocenters. The molecule has 0 amide bonds. The van der Waals surface area contributed by atoms with Crippen molar-refractivity contribution < 1.29 is 9.47 Å². The SMILES string of the molecule is CNCCC(C1=COC(CC2=CC=CCC2)=CO1)c1c[nH]c2cccc(Cl)c12. The van der Waals surface area contributed by atoms with Gasteiger partial charge in [-0.15, -0.1) is 0 Å². The van der Waals surface area contributed by atoms with Crippen LogP contribution in [-0.2, 0) is 9.47 Å². The van der Waals surface area contributed by atoms with Crippen LogP contribution in [0.15, 0.2) is 72.2 Å². The average Bonchev–Trinajstić information content (AvgIpc) is 3.16. The number of hydrogen-bond acceptors (Lipinski definition) is 3. The standard InChI is InChI=1S/C23H25ClN2O2/c1-25-11-10-18(19-13-26-21-9-5-8-20(24)23(19)21)22-15-27-17(14-28-22)12-16-6-3-2-4-7-16/h2-3,5-6,8-9,13-15,18,25-26H,4,7,10-12H2,1H3. The highest BCUT2D eigenvalue weighted by Gasteiger charge is 2.25. The molecule has 0 saturated carbocycles. The third kappa shape index (κ3) is 4.03. The second-order valence-corrected chi connectivity index (χ2v) is 7.57. The van der Waals surface area contributed by atoms with Gasteiger partial charge >= 0.3 is 0 Å². The maximum atomic E-state index is 6.50. The van der Waals surface area contributed by atoms with E-state index in [1.807, 2.05) is 31.4 Å². The van der Waals surface area contributed by atoms with E-state index in [-0.39, 0.29) is 5.92 Å². The van der Waals surface area contributed by atoms with Gasteiger partial charge in [0.2, 0.25) is 0 Å². The molecule has 0 radical (unpaired) electrons. The first-order chi connectivity index (χ1) is 13.8. The van der Waals surface area contributed by atoms with Crippen molar-refractivity contribution in [2.75, 3.05) is 13.6 Å². The van der Waals surface area contributed by atoms with Crippen LogP contribution in [0.1, 0.15) is 37.2 Å². The van der Waals surface area contributed by atoms with Crippen molar-refractivity contribution in [2.45, 2.75) is 31.6 Å². The number of fused-ring (bicyclic) bond motifs is 1. The molecule has 5 heteroatoms. The number of rotatable bonds is 7. The molecule has 146 valence electrons. The number of hydrogen-bond donors (Lipinski definition) is 2. The van der Waals surface area contributed by atoms with Crippen LogP contribution in [0.5, 0.6) is 0 Å². The number of benzene rings is 1. The maximum Gasteiger partial charge on any atom is 0.146 e. The van der Waals surface area contributed by atoms with Gasteiger partial charge in [0.25, 0.3) is 0 Å². The Balaban J connectivity index is 1.55. The Labute approximate surface area is 170 Å². The first-order valence-corrected chi connectivity index (χ1v) is 10.1. The van der Waals surface area contributed by atoms with Crippen molar-refractivity contribution in [3.63, 3.8) is 0 Å². The molecule has 0 fully saturated rings. The number of H-pyrrole nitrogens is 1. The molecule has 0 saturated heterocycles. The Hall–Kier alpha value is -2.43. The van der Waals surface area contributed by atoms with Gasteiger partial charge in [0, 0.05) is 29.4 Å². The normalized spacial score (nSPS) is 17.4. The van der Waals surface area contributed by atoms with E-state index in [0.717, 1.165) is 65.2 Å². The fourth-order valence-corrected chi connectivity index (χ4v) is 4.06.